The number of ether oxygens (including phenoxy) is 1. The van der Waals surface area contributed by atoms with Gasteiger partial charge in [0.25, 0.3) is 0 Å². The monoisotopic (exact) mass is 257 g/mol. The summed E-state index contributed by atoms with van der Waals surface area (Å²) in [5.74, 6) is -1.07. The predicted octanol–water partition coefficient (Wildman–Crippen LogP) is 1.58. The van der Waals surface area contributed by atoms with Gasteiger partial charge in [0.2, 0.25) is 5.91 Å². The van der Waals surface area contributed by atoms with Crippen molar-refractivity contribution < 1.29 is 19.4 Å². The Bertz CT molecular complexity index is 278. The summed E-state index contributed by atoms with van der Waals surface area (Å²) in [5.41, 5.74) is 0. The standard InChI is InChI=1S/C13H23NO4/c1-4-6-10(3)8-12(15)14-11(13(16)17)9-18-7-5-2/h5,10-11H,2,4,6-9H2,1,3H3,(H,14,15)(H,16,17). The maximum atomic E-state index is 11.6. The fourth-order valence-corrected chi connectivity index (χ4v) is 1.61. The smallest absolute Gasteiger partial charge is 0.328 e. The minimum absolute atomic E-state index is 0.0464. The van der Waals surface area contributed by atoms with Crippen LogP contribution in [-0.4, -0.2) is 36.2 Å². The van der Waals surface area contributed by atoms with E-state index in [9.17, 15) is 9.59 Å². The zero-order chi connectivity index (χ0) is 14.0. The van der Waals surface area contributed by atoms with Gasteiger partial charge in [-0.2, -0.15) is 0 Å². The number of carboxylic acid groups (broad SMARTS) is 1. The van der Waals surface area contributed by atoms with Gasteiger partial charge >= 0.3 is 5.97 Å². The first-order valence-electron chi connectivity index (χ1n) is 6.22. The van der Waals surface area contributed by atoms with Crippen molar-refractivity contribution in [3.8, 4) is 0 Å². The van der Waals surface area contributed by atoms with Gasteiger partial charge in [0.05, 0.1) is 13.2 Å². The molecule has 0 aromatic carbocycles. The zero-order valence-corrected chi connectivity index (χ0v) is 11.1. The number of carbonyl (C=O) groups excluding carboxylic acids is 1. The Hall–Kier alpha value is -1.36. The molecule has 104 valence electrons. The summed E-state index contributed by atoms with van der Waals surface area (Å²) in [7, 11) is 0. The van der Waals surface area contributed by atoms with Crippen molar-refractivity contribution in [1.29, 1.82) is 0 Å². The average Bonchev–Trinajstić information content (AvgIpc) is 2.27. The number of carbonyl (C=O) groups is 2. The Balaban J connectivity index is 4.10. The van der Waals surface area contributed by atoms with Gasteiger partial charge in [-0.25, -0.2) is 4.79 Å². The maximum absolute atomic E-state index is 11.6. The van der Waals surface area contributed by atoms with Crippen LogP contribution in [-0.2, 0) is 14.3 Å². The van der Waals surface area contributed by atoms with E-state index in [0.29, 0.717) is 6.42 Å². The molecule has 0 aliphatic carbocycles. The molecule has 0 bridgehead atoms. The van der Waals surface area contributed by atoms with Crippen molar-refractivity contribution in [3.63, 3.8) is 0 Å². The van der Waals surface area contributed by atoms with E-state index in [0.717, 1.165) is 12.8 Å². The molecule has 0 saturated heterocycles. The highest BCUT2D eigenvalue weighted by Gasteiger charge is 2.20. The molecule has 0 radical (unpaired) electrons. The molecule has 1 amide bonds. The summed E-state index contributed by atoms with van der Waals surface area (Å²) in [6.07, 6.45) is 3.85. The lowest BCUT2D eigenvalue weighted by Gasteiger charge is -2.16. The van der Waals surface area contributed by atoms with Crippen LogP contribution >= 0.6 is 0 Å². The molecule has 0 saturated carbocycles. The lowest BCUT2D eigenvalue weighted by Crippen LogP contribution is -2.44. The first-order valence-corrected chi connectivity index (χ1v) is 6.22. The van der Waals surface area contributed by atoms with Crippen LogP contribution in [0, 0.1) is 5.92 Å². The summed E-state index contributed by atoms with van der Waals surface area (Å²) in [6, 6.07) is -0.994. The molecule has 0 aliphatic heterocycles. The third-order valence-electron chi connectivity index (χ3n) is 2.47. The van der Waals surface area contributed by atoms with Crippen molar-refractivity contribution >= 4 is 11.9 Å². The summed E-state index contributed by atoms with van der Waals surface area (Å²) in [4.78, 5) is 22.5. The van der Waals surface area contributed by atoms with Gasteiger partial charge in [-0.05, 0) is 5.92 Å². The molecule has 0 aromatic heterocycles. The van der Waals surface area contributed by atoms with Crippen LogP contribution in [0.25, 0.3) is 0 Å². The Kier molecular flexibility index (Phi) is 8.92. The Labute approximate surface area is 108 Å². The molecular weight excluding hydrogens is 234 g/mol. The van der Waals surface area contributed by atoms with Gasteiger partial charge in [0.15, 0.2) is 6.04 Å². The Morgan fingerprint density at radius 1 is 1.50 bits per heavy atom. The molecule has 2 N–H and O–H groups in total. The molecule has 0 aliphatic rings. The van der Waals surface area contributed by atoms with E-state index in [1.807, 2.05) is 6.92 Å². The van der Waals surface area contributed by atoms with E-state index in [1.54, 1.807) is 0 Å². The second-order valence-electron chi connectivity index (χ2n) is 4.38. The topological polar surface area (TPSA) is 75.6 Å². The van der Waals surface area contributed by atoms with Crippen molar-refractivity contribution in [3.05, 3.63) is 12.7 Å². The molecule has 5 heteroatoms. The number of rotatable bonds is 10. The number of aliphatic carboxylic acids is 1. The van der Waals surface area contributed by atoms with E-state index < -0.39 is 12.0 Å². The molecule has 0 heterocycles. The van der Waals surface area contributed by atoms with Crippen LogP contribution in [0.5, 0.6) is 0 Å². The highest BCUT2D eigenvalue weighted by atomic mass is 16.5. The van der Waals surface area contributed by atoms with E-state index in [2.05, 4.69) is 18.8 Å². The lowest BCUT2D eigenvalue weighted by molar-refractivity contribution is -0.143. The number of nitrogens with one attached hydrogen (secondary N) is 1. The SMILES string of the molecule is C=CCOCC(NC(=O)CC(C)CCC)C(=O)O. The van der Waals surface area contributed by atoms with Crippen LogP contribution in [0.15, 0.2) is 12.7 Å². The molecule has 5 nitrogen and oxygen atoms in total. The van der Waals surface area contributed by atoms with E-state index in [4.69, 9.17) is 9.84 Å². The van der Waals surface area contributed by atoms with Crippen molar-refractivity contribution in [2.24, 2.45) is 5.92 Å². The average molecular weight is 257 g/mol. The van der Waals surface area contributed by atoms with E-state index >= 15 is 0 Å². The lowest BCUT2D eigenvalue weighted by atomic mass is 10.0. The fourth-order valence-electron chi connectivity index (χ4n) is 1.61. The molecule has 0 rings (SSSR count). The highest BCUT2D eigenvalue weighted by molar-refractivity contribution is 5.83. The molecule has 0 aromatic rings. The summed E-state index contributed by atoms with van der Waals surface area (Å²) in [6.45, 7) is 7.72. The van der Waals surface area contributed by atoms with Crippen LogP contribution in [0.4, 0.5) is 0 Å². The van der Waals surface area contributed by atoms with Gasteiger partial charge in [-0.1, -0.05) is 32.8 Å². The third kappa shape index (κ3) is 7.84. The van der Waals surface area contributed by atoms with Crippen LogP contribution < -0.4 is 5.32 Å². The van der Waals surface area contributed by atoms with Gasteiger partial charge < -0.3 is 15.2 Å². The van der Waals surface area contributed by atoms with Gasteiger partial charge in [-0.15, -0.1) is 6.58 Å². The van der Waals surface area contributed by atoms with Crippen LogP contribution in [0.3, 0.4) is 0 Å². The minimum atomic E-state index is -1.09. The molecule has 0 fully saturated rings. The first kappa shape index (κ1) is 16.6. The first-order chi connectivity index (χ1) is 8.51. The molecule has 0 spiro atoms. The largest absolute Gasteiger partial charge is 0.480 e. The maximum Gasteiger partial charge on any atom is 0.328 e. The van der Waals surface area contributed by atoms with E-state index in [1.165, 1.54) is 6.08 Å². The molecule has 2 unspecified atom stereocenters. The van der Waals surface area contributed by atoms with Crippen LogP contribution in [0.2, 0.25) is 0 Å². The third-order valence-corrected chi connectivity index (χ3v) is 2.47. The second-order valence-corrected chi connectivity index (χ2v) is 4.38. The fraction of sp³-hybridized carbons (Fsp3) is 0.692. The van der Waals surface area contributed by atoms with Gasteiger partial charge in [0.1, 0.15) is 0 Å². The number of carboxylic acids is 1. The Morgan fingerprint density at radius 2 is 2.17 bits per heavy atom. The normalized spacial score (nSPS) is 13.7. The Morgan fingerprint density at radius 3 is 2.67 bits per heavy atom. The summed E-state index contributed by atoms with van der Waals surface area (Å²) < 4.78 is 5.05. The van der Waals surface area contributed by atoms with Gasteiger partial charge in [-0.3, -0.25) is 4.79 Å². The molecule has 18 heavy (non-hydrogen) atoms. The quantitative estimate of drug-likeness (QED) is 0.460. The number of hydrogen-bond donors (Lipinski definition) is 2. The van der Waals surface area contributed by atoms with Crippen molar-refractivity contribution in [1.82, 2.24) is 5.32 Å². The van der Waals surface area contributed by atoms with Crippen molar-refractivity contribution in [2.45, 2.75) is 39.2 Å². The summed E-state index contributed by atoms with van der Waals surface area (Å²) >= 11 is 0. The van der Waals surface area contributed by atoms with E-state index in [-0.39, 0.29) is 25.0 Å². The minimum Gasteiger partial charge on any atom is -0.480 e. The van der Waals surface area contributed by atoms with Crippen molar-refractivity contribution in [2.75, 3.05) is 13.2 Å². The van der Waals surface area contributed by atoms with Gasteiger partial charge in [0, 0.05) is 6.42 Å². The molecular formula is C13H23NO4. The van der Waals surface area contributed by atoms with Crippen LogP contribution in [0.1, 0.15) is 33.1 Å². The molecule has 2 atom stereocenters. The number of amides is 1. The number of hydrogen-bond acceptors (Lipinski definition) is 3. The zero-order valence-electron chi connectivity index (χ0n) is 11.1. The summed E-state index contributed by atoms with van der Waals surface area (Å²) in [5, 5.41) is 11.4. The predicted molar refractivity (Wildman–Crippen MR) is 69.3 cm³/mol. The highest BCUT2D eigenvalue weighted by Crippen LogP contribution is 2.09. The second kappa shape index (κ2) is 9.65.